The molecule has 2 heterocycles. The minimum absolute atomic E-state index is 0.0605. The molecular formula is C14H17N3O3. The van der Waals surface area contributed by atoms with E-state index in [1.165, 1.54) is 6.33 Å². The Labute approximate surface area is 116 Å². The molecule has 0 saturated heterocycles. The van der Waals surface area contributed by atoms with Crippen LogP contribution in [0.25, 0.3) is 0 Å². The van der Waals surface area contributed by atoms with Gasteiger partial charge in [-0.25, -0.2) is 4.98 Å². The zero-order valence-corrected chi connectivity index (χ0v) is 11.5. The lowest BCUT2D eigenvalue weighted by molar-refractivity contribution is -0.114. The van der Waals surface area contributed by atoms with Crippen molar-refractivity contribution in [3.63, 3.8) is 0 Å². The lowest BCUT2D eigenvalue weighted by atomic mass is 10.1. The summed E-state index contributed by atoms with van der Waals surface area (Å²) in [6, 6.07) is 3.58. The quantitative estimate of drug-likeness (QED) is 0.616. The number of ketones is 2. The fraction of sp³-hybridized carbons (Fsp3) is 0.429. The standard InChI is InChI=1S/C14H17N3O3/c1-9(2)3-4-10-5-6-11(20-10)7-12(18)13(19)14-15-8-16-17-14/h5-6,8-9H,3-4,7H2,1-2H3,(H,15,16,17). The van der Waals surface area contributed by atoms with Crippen LogP contribution in [0.2, 0.25) is 0 Å². The monoisotopic (exact) mass is 275 g/mol. The van der Waals surface area contributed by atoms with Crippen molar-refractivity contribution in [1.29, 1.82) is 0 Å². The highest BCUT2D eigenvalue weighted by atomic mass is 16.3. The van der Waals surface area contributed by atoms with Crippen molar-refractivity contribution < 1.29 is 14.0 Å². The van der Waals surface area contributed by atoms with Gasteiger partial charge in [0, 0.05) is 6.42 Å². The van der Waals surface area contributed by atoms with Crippen molar-refractivity contribution in [2.75, 3.05) is 0 Å². The molecule has 0 fully saturated rings. The Bertz CT molecular complexity index is 585. The molecule has 0 unspecified atom stereocenters. The minimum Gasteiger partial charge on any atom is -0.466 e. The molecule has 6 heteroatoms. The van der Waals surface area contributed by atoms with Crippen molar-refractivity contribution >= 4 is 11.6 Å². The first-order chi connectivity index (χ1) is 9.56. The molecule has 2 aromatic rings. The minimum atomic E-state index is -0.702. The van der Waals surface area contributed by atoms with Crippen LogP contribution in [-0.4, -0.2) is 26.7 Å². The van der Waals surface area contributed by atoms with Crippen LogP contribution < -0.4 is 0 Å². The summed E-state index contributed by atoms with van der Waals surface area (Å²) in [5.74, 6) is 0.546. The number of H-pyrrole nitrogens is 1. The molecule has 1 N–H and O–H groups in total. The van der Waals surface area contributed by atoms with Crippen LogP contribution in [0.1, 0.15) is 42.4 Å². The van der Waals surface area contributed by atoms with Gasteiger partial charge in [-0.1, -0.05) is 13.8 Å². The molecule has 0 bridgehead atoms. The number of rotatable bonds is 7. The molecule has 106 valence electrons. The van der Waals surface area contributed by atoms with E-state index in [-0.39, 0.29) is 12.2 Å². The fourth-order valence-corrected chi connectivity index (χ4v) is 1.76. The molecule has 0 spiro atoms. The SMILES string of the molecule is CC(C)CCc1ccc(CC(=O)C(=O)c2nc[nH]n2)o1. The highest BCUT2D eigenvalue weighted by Crippen LogP contribution is 2.14. The number of Topliss-reactive ketones (excluding diaryl/α,β-unsaturated/α-hetero) is 2. The van der Waals surface area contributed by atoms with Gasteiger partial charge in [0.15, 0.2) is 0 Å². The van der Waals surface area contributed by atoms with Crippen LogP contribution in [-0.2, 0) is 17.6 Å². The number of nitrogens with zero attached hydrogens (tertiary/aromatic N) is 2. The maximum atomic E-state index is 11.8. The van der Waals surface area contributed by atoms with Crippen LogP contribution in [0.15, 0.2) is 22.9 Å². The van der Waals surface area contributed by atoms with Gasteiger partial charge >= 0.3 is 0 Å². The van der Waals surface area contributed by atoms with Crippen LogP contribution in [0.4, 0.5) is 0 Å². The van der Waals surface area contributed by atoms with Gasteiger partial charge in [-0.2, -0.15) is 0 Å². The summed E-state index contributed by atoms with van der Waals surface area (Å²) in [5.41, 5.74) is 0. The molecule has 0 aromatic carbocycles. The average Bonchev–Trinajstić information content (AvgIpc) is 3.06. The van der Waals surface area contributed by atoms with Crippen molar-refractivity contribution in [1.82, 2.24) is 15.2 Å². The zero-order valence-electron chi connectivity index (χ0n) is 11.5. The van der Waals surface area contributed by atoms with Gasteiger partial charge in [-0.05, 0) is 24.5 Å². The number of aromatic nitrogens is 3. The van der Waals surface area contributed by atoms with E-state index in [9.17, 15) is 9.59 Å². The third-order valence-corrected chi connectivity index (χ3v) is 2.89. The van der Waals surface area contributed by atoms with Gasteiger partial charge in [0.25, 0.3) is 5.78 Å². The first kappa shape index (κ1) is 14.2. The van der Waals surface area contributed by atoms with E-state index < -0.39 is 11.6 Å². The second kappa shape index (κ2) is 6.27. The maximum absolute atomic E-state index is 11.8. The number of aryl methyl sites for hydroxylation is 1. The molecule has 0 amide bonds. The number of aromatic amines is 1. The Hall–Kier alpha value is -2.24. The summed E-state index contributed by atoms with van der Waals surface area (Å²) < 4.78 is 5.55. The highest BCUT2D eigenvalue weighted by molar-refractivity contribution is 6.42. The molecule has 0 saturated carbocycles. The van der Waals surface area contributed by atoms with E-state index >= 15 is 0 Å². The molecule has 0 aliphatic carbocycles. The van der Waals surface area contributed by atoms with Crippen molar-refractivity contribution in [2.45, 2.75) is 33.1 Å². The maximum Gasteiger partial charge on any atom is 0.268 e. The van der Waals surface area contributed by atoms with Crippen LogP contribution in [0, 0.1) is 5.92 Å². The third kappa shape index (κ3) is 3.63. The van der Waals surface area contributed by atoms with Gasteiger partial charge in [0.2, 0.25) is 11.6 Å². The van der Waals surface area contributed by atoms with Gasteiger partial charge in [-0.15, -0.1) is 5.10 Å². The van der Waals surface area contributed by atoms with E-state index in [0.717, 1.165) is 18.6 Å². The molecule has 2 aromatic heterocycles. The number of carbonyl (C=O) groups is 2. The van der Waals surface area contributed by atoms with Gasteiger partial charge in [0.1, 0.15) is 17.8 Å². The summed E-state index contributed by atoms with van der Waals surface area (Å²) in [5, 5.41) is 6.00. The molecule has 0 aliphatic heterocycles. The second-order valence-electron chi connectivity index (χ2n) is 5.05. The lowest BCUT2D eigenvalue weighted by Gasteiger charge is -2.01. The third-order valence-electron chi connectivity index (χ3n) is 2.89. The summed E-state index contributed by atoms with van der Waals surface area (Å²) in [7, 11) is 0. The highest BCUT2D eigenvalue weighted by Gasteiger charge is 2.21. The van der Waals surface area contributed by atoms with Crippen molar-refractivity contribution in [3.05, 3.63) is 35.8 Å². The molecule has 20 heavy (non-hydrogen) atoms. The van der Waals surface area contributed by atoms with Crippen molar-refractivity contribution in [3.8, 4) is 0 Å². The van der Waals surface area contributed by atoms with Gasteiger partial charge in [0.05, 0.1) is 6.42 Å². The average molecular weight is 275 g/mol. The Morgan fingerprint density at radius 1 is 1.30 bits per heavy atom. The normalized spacial score (nSPS) is 10.9. The van der Waals surface area contributed by atoms with Crippen molar-refractivity contribution in [2.24, 2.45) is 5.92 Å². The molecule has 0 atom stereocenters. The Morgan fingerprint density at radius 2 is 2.05 bits per heavy atom. The van der Waals surface area contributed by atoms with E-state index in [4.69, 9.17) is 4.42 Å². The second-order valence-corrected chi connectivity index (χ2v) is 5.05. The smallest absolute Gasteiger partial charge is 0.268 e. The summed E-state index contributed by atoms with van der Waals surface area (Å²) in [6.45, 7) is 4.28. The van der Waals surface area contributed by atoms with E-state index in [2.05, 4.69) is 29.0 Å². The van der Waals surface area contributed by atoms with E-state index in [0.29, 0.717) is 11.7 Å². The summed E-state index contributed by atoms with van der Waals surface area (Å²) in [6.07, 6.45) is 3.06. The van der Waals surface area contributed by atoms with Gasteiger partial charge < -0.3 is 4.42 Å². The molecule has 6 nitrogen and oxygen atoms in total. The number of hydrogen-bond donors (Lipinski definition) is 1. The summed E-state index contributed by atoms with van der Waals surface area (Å²) >= 11 is 0. The first-order valence-corrected chi connectivity index (χ1v) is 6.57. The number of nitrogens with one attached hydrogen (secondary N) is 1. The van der Waals surface area contributed by atoms with Crippen LogP contribution >= 0.6 is 0 Å². The Morgan fingerprint density at radius 3 is 2.70 bits per heavy atom. The fourth-order valence-electron chi connectivity index (χ4n) is 1.76. The topological polar surface area (TPSA) is 88.9 Å². The van der Waals surface area contributed by atoms with Crippen LogP contribution in [0.5, 0.6) is 0 Å². The number of carbonyl (C=O) groups excluding carboxylic acids is 2. The number of furan rings is 1. The number of hydrogen-bond acceptors (Lipinski definition) is 5. The zero-order chi connectivity index (χ0) is 14.5. The molecule has 2 rings (SSSR count). The van der Waals surface area contributed by atoms with Gasteiger partial charge in [-0.3, -0.25) is 14.7 Å². The lowest BCUT2D eigenvalue weighted by Crippen LogP contribution is -2.17. The summed E-state index contributed by atoms with van der Waals surface area (Å²) in [4.78, 5) is 27.1. The Balaban J connectivity index is 1.93. The molecule has 0 aliphatic rings. The predicted octanol–water partition coefficient (Wildman–Crippen LogP) is 1.98. The van der Waals surface area contributed by atoms with E-state index in [1.54, 1.807) is 6.07 Å². The first-order valence-electron chi connectivity index (χ1n) is 6.57. The molecule has 0 radical (unpaired) electrons. The molecular weight excluding hydrogens is 258 g/mol. The van der Waals surface area contributed by atoms with E-state index in [1.807, 2.05) is 6.07 Å². The van der Waals surface area contributed by atoms with Crippen LogP contribution in [0.3, 0.4) is 0 Å². The Kier molecular flexibility index (Phi) is 4.45. The largest absolute Gasteiger partial charge is 0.466 e. The predicted molar refractivity (Wildman–Crippen MR) is 71.3 cm³/mol.